The van der Waals surface area contributed by atoms with E-state index in [1.807, 2.05) is 0 Å². The zero-order valence-corrected chi connectivity index (χ0v) is 17.5. The van der Waals surface area contributed by atoms with Gasteiger partial charge in [-0.05, 0) is 25.2 Å². The molecular formula is C22H45NO4. The van der Waals surface area contributed by atoms with Crippen LogP contribution >= 0.6 is 0 Å². The normalized spacial score (nSPS) is 11.3. The fourth-order valence-corrected chi connectivity index (χ4v) is 3.51. The predicted molar refractivity (Wildman–Crippen MR) is 112 cm³/mol. The van der Waals surface area contributed by atoms with Crippen molar-refractivity contribution in [2.45, 2.75) is 103 Å². The van der Waals surface area contributed by atoms with Crippen LogP contribution in [0.25, 0.3) is 0 Å². The molecule has 0 heterocycles. The van der Waals surface area contributed by atoms with Gasteiger partial charge in [0, 0.05) is 26.2 Å². The molecule has 0 bridgehead atoms. The maximum Gasteiger partial charge on any atom is 0.305 e. The number of hydrogen-bond donors (Lipinski definition) is 3. The molecular weight excluding hydrogens is 342 g/mol. The second-order valence-corrected chi connectivity index (χ2v) is 7.68. The summed E-state index contributed by atoms with van der Waals surface area (Å²) in [5.41, 5.74) is 5.29. The molecule has 5 nitrogen and oxygen atoms in total. The number of aliphatic hydroxyl groups is 2. The smallest absolute Gasteiger partial charge is 0.305 e. The summed E-state index contributed by atoms with van der Waals surface area (Å²) in [6.07, 6.45) is 18.3. The van der Waals surface area contributed by atoms with Crippen LogP contribution in [0.2, 0.25) is 0 Å². The Morgan fingerprint density at radius 3 is 1.59 bits per heavy atom. The summed E-state index contributed by atoms with van der Waals surface area (Å²) in [6, 6.07) is 0. The average molecular weight is 388 g/mol. The number of rotatable bonds is 21. The molecule has 0 atom stereocenters. The summed E-state index contributed by atoms with van der Waals surface area (Å²) >= 11 is 0. The molecule has 162 valence electrons. The lowest BCUT2D eigenvalue weighted by Crippen LogP contribution is -2.13. The minimum Gasteiger partial charge on any atom is -0.464 e. The quantitative estimate of drug-likeness (QED) is 0.201. The molecule has 0 spiro atoms. The molecule has 0 unspecified atom stereocenters. The monoisotopic (exact) mass is 387 g/mol. The van der Waals surface area contributed by atoms with Gasteiger partial charge < -0.3 is 20.7 Å². The highest BCUT2D eigenvalue weighted by Crippen LogP contribution is 2.18. The van der Waals surface area contributed by atoms with E-state index in [9.17, 15) is 4.79 Å². The summed E-state index contributed by atoms with van der Waals surface area (Å²) < 4.78 is 4.95. The van der Waals surface area contributed by atoms with Gasteiger partial charge in [0.25, 0.3) is 0 Å². The molecule has 27 heavy (non-hydrogen) atoms. The Morgan fingerprint density at radius 2 is 1.15 bits per heavy atom. The second kappa shape index (κ2) is 21.6. The van der Waals surface area contributed by atoms with E-state index in [4.69, 9.17) is 20.7 Å². The van der Waals surface area contributed by atoms with Gasteiger partial charge in [0.05, 0.1) is 0 Å². The Hall–Kier alpha value is -0.650. The highest BCUT2D eigenvalue weighted by Gasteiger charge is 2.07. The average Bonchev–Trinajstić information content (AvgIpc) is 2.66. The first-order valence-corrected chi connectivity index (χ1v) is 11.3. The van der Waals surface area contributed by atoms with Crippen LogP contribution in [0.3, 0.4) is 0 Å². The van der Waals surface area contributed by atoms with Crippen molar-refractivity contribution in [2.75, 3.05) is 26.4 Å². The Morgan fingerprint density at radius 1 is 0.704 bits per heavy atom. The molecule has 0 radical (unpaired) electrons. The van der Waals surface area contributed by atoms with Crippen LogP contribution in [0.15, 0.2) is 0 Å². The van der Waals surface area contributed by atoms with Crippen molar-refractivity contribution in [2.24, 2.45) is 11.7 Å². The lowest BCUT2D eigenvalue weighted by atomic mass is 9.94. The summed E-state index contributed by atoms with van der Waals surface area (Å²) in [7, 11) is 0. The Labute approximate surface area is 167 Å². The van der Waals surface area contributed by atoms with Crippen molar-refractivity contribution >= 4 is 5.97 Å². The predicted octanol–water partition coefficient (Wildman–Crippen LogP) is 4.33. The van der Waals surface area contributed by atoms with Crippen LogP contribution in [-0.2, 0) is 9.53 Å². The number of unbranched alkanes of at least 4 members (excludes halogenated alkanes) is 11. The molecule has 4 N–H and O–H groups in total. The third-order valence-corrected chi connectivity index (χ3v) is 5.20. The molecule has 0 aromatic carbocycles. The minimum atomic E-state index is -0.113. The standard InChI is InChI=1S/C22H45NO4/c23-17-20-27-22(26)14-12-10-8-6-4-2-1-3-5-7-9-11-13-21(15-18-24)16-19-25/h21,24-25H,1-20,23H2. The van der Waals surface area contributed by atoms with Gasteiger partial charge in [-0.1, -0.05) is 77.0 Å². The van der Waals surface area contributed by atoms with E-state index in [1.54, 1.807) is 0 Å². The van der Waals surface area contributed by atoms with Gasteiger partial charge in [-0.2, -0.15) is 0 Å². The molecule has 5 heteroatoms. The maximum atomic E-state index is 11.3. The van der Waals surface area contributed by atoms with Gasteiger partial charge in [-0.25, -0.2) is 0 Å². The molecule has 0 aliphatic rings. The SMILES string of the molecule is NCCOC(=O)CCCCCCCCCCCCCCC(CCO)CCO. The number of carbonyl (C=O) groups excluding carboxylic acids is 1. The van der Waals surface area contributed by atoms with Crippen molar-refractivity contribution in [1.29, 1.82) is 0 Å². The summed E-state index contributed by atoms with van der Waals surface area (Å²) in [5, 5.41) is 18.0. The van der Waals surface area contributed by atoms with Gasteiger partial charge in [-0.15, -0.1) is 0 Å². The molecule has 0 saturated carbocycles. The van der Waals surface area contributed by atoms with Crippen molar-refractivity contribution in [3.63, 3.8) is 0 Å². The highest BCUT2D eigenvalue weighted by atomic mass is 16.5. The van der Waals surface area contributed by atoms with E-state index in [2.05, 4.69) is 0 Å². The summed E-state index contributed by atoms with van der Waals surface area (Å²) in [6.45, 7) is 1.23. The molecule has 0 saturated heterocycles. The molecule has 0 amide bonds. The fraction of sp³-hybridized carbons (Fsp3) is 0.955. The van der Waals surface area contributed by atoms with Crippen molar-refractivity contribution in [1.82, 2.24) is 0 Å². The number of carbonyl (C=O) groups is 1. The van der Waals surface area contributed by atoms with Crippen molar-refractivity contribution in [3.05, 3.63) is 0 Å². The van der Waals surface area contributed by atoms with Gasteiger partial charge in [0.1, 0.15) is 6.61 Å². The van der Waals surface area contributed by atoms with E-state index in [0.717, 1.165) is 32.1 Å². The van der Waals surface area contributed by atoms with Crippen LogP contribution < -0.4 is 5.73 Å². The van der Waals surface area contributed by atoms with Gasteiger partial charge in [-0.3, -0.25) is 4.79 Å². The summed E-state index contributed by atoms with van der Waals surface area (Å²) in [4.78, 5) is 11.3. The van der Waals surface area contributed by atoms with Gasteiger partial charge in [0.15, 0.2) is 0 Å². The van der Waals surface area contributed by atoms with Crippen LogP contribution in [0, 0.1) is 5.92 Å². The molecule has 0 rings (SSSR count). The van der Waals surface area contributed by atoms with Gasteiger partial charge >= 0.3 is 5.97 Å². The van der Waals surface area contributed by atoms with E-state index >= 15 is 0 Å². The largest absolute Gasteiger partial charge is 0.464 e. The van der Waals surface area contributed by atoms with E-state index in [-0.39, 0.29) is 19.2 Å². The van der Waals surface area contributed by atoms with Crippen LogP contribution in [0.1, 0.15) is 103 Å². The molecule has 0 aliphatic heterocycles. The topological polar surface area (TPSA) is 92.8 Å². The van der Waals surface area contributed by atoms with Crippen LogP contribution in [0.4, 0.5) is 0 Å². The highest BCUT2D eigenvalue weighted by molar-refractivity contribution is 5.69. The van der Waals surface area contributed by atoms with E-state index in [0.29, 0.717) is 25.5 Å². The first kappa shape index (κ1) is 26.4. The summed E-state index contributed by atoms with van der Waals surface area (Å²) in [5.74, 6) is 0.384. The molecule has 0 aliphatic carbocycles. The van der Waals surface area contributed by atoms with Crippen LogP contribution in [-0.4, -0.2) is 42.5 Å². The molecule has 0 fully saturated rings. The molecule has 0 aromatic rings. The third-order valence-electron chi connectivity index (χ3n) is 5.20. The van der Waals surface area contributed by atoms with Crippen LogP contribution in [0.5, 0.6) is 0 Å². The number of ether oxygens (including phenoxy) is 1. The maximum absolute atomic E-state index is 11.3. The first-order chi connectivity index (χ1) is 13.2. The molecule has 0 aromatic heterocycles. The number of aliphatic hydroxyl groups excluding tert-OH is 2. The first-order valence-electron chi connectivity index (χ1n) is 11.3. The lowest BCUT2D eigenvalue weighted by molar-refractivity contribution is -0.143. The van der Waals surface area contributed by atoms with E-state index in [1.165, 1.54) is 64.2 Å². The Bertz CT molecular complexity index is 307. The second-order valence-electron chi connectivity index (χ2n) is 7.68. The zero-order valence-electron chi connectivity index (χ0n) is 17.5. The number of hydrogen-bond acceptors (Lipinski definition) is 5. The number of nitrogens with two attached hydrogens (primary N) is 1. The Kier molecular flexibility index (Phi) is 21.1. The minimum absolute atomic E-state index is 0.113. The third kappa shape index (κ3) is 19.9. The van der Waals surface area contributed by atoms with Crippen molar-refractivity contribution in [3.8, 4) is 0 Å². The Balaban J connectivity index is 3.21. The van der Waals surface area contributed by atoms with Gasteiger partial charge in [0.2, 0.25) is 0 Å². The van der Waals surface area contributed by atoms with Crippen molar-refractivity contribution < 1.29 is 19.7 Å². The lowest BCUT2D eigenvalue weighted by Gasteiger charge is -2.13. The number of esters is 1. The zero-order chi connectivity index (χ0) is 20.0. The van der Waals surface area contributed by atoms with E-state index < -0.39 is 0 Å². The fourth-order valence-electron chi connectivity index (χ4n) is 3.51.